The normalized spacial score (nSPS) is 11.6. The predicted octanol–water partition coefficient (Wildman–Crippen LogP) is 5.50. The molecule has 0 aliphatic carbocycles. The molecule has 0 aliphatic heterocycles. The van der Waals surface area contributed by atoms with E-state index >= 15 is 0 Å². The van der Waals surface area contributed by atoms with E-state index in [-0.39, 0.29) is 5.56 Å². The minimum atomic E-state index is 0.0144. The van der Waals surface area contributed by atoms with Crippen molar-refractivity contribution in [2.75, 3.05) is 0 Å². The summed E-state index contributed by atoms with van der Waals surface area (Å²) in [5.74, 6) is 1.92. The fourth-order valence-electron chi connectivity index (χ4n) is 2.77. The first-order chi connectivity index (χ1) is 14.0. The molecule has 0 aliphatic rings. The maximum atomic E-state index is 12.9. The minimum absolute atomic E-state index is 0.0144. The zero-order chi connectivity index (χ0) is 20.4. The third-order valence-electron chi connectivity index (χ3n) is 4.36. The number of aromatic nitrogens is 4. The zero-order valence-electron chi connectivity index (χ0n) is 16.0. The van der Waals surface area contributed by atoms with Crippen molar-refractivity contribution in [3.05, 3.63) is 57.0 Å². The van der Waals surface area contributed by atoms with Gasteiger partial charge in [-0.1, -0.05) is 42.4 Å². The average molecular weight is 447 g/mol. The van der Waals surface area contributed by atoms with Crippen molar-refractivity contribution in [2.45, 2.75) is 37.7 Å². The molecule has 4 rings (SSSR count). The Morgan fingerprint density at radius 1 is 1.21 bits per heavy atom. The van der Waals surface area contributed by atoms with E-state index in [1.807, 2.05) is 23.6 Å². The van der Waals surface area contributed by atoms with Gasteiger partial charge in [-0.3, -0.25) is 9.36 Å². The first-order valence-electron chi connectivity index (χ1n) is 9.20. The van der Waals surface area contributed by atoms with Crippen LogP contribution in [-0.2, 0) is 12.3 Å². The van der Waals surface area contributed by atoms with Gasteiger partial charge in [0.1, 0.15) is 4.70 Å². The Morgan fingerprint density at radius 3 is 2.76 bits per heavy atom. The first-order valence-corrected chi connectivity index (χ1v) is 11.4. The smallest absolute Gasteiger partial charge is 0.272 e. The fraction of sp³-hybridized carbons (Fsp3) is 0.300. The number of rotatable bonds is 7. The van der Waals surface area contributed by atoms with Crippen molar-refractivity contribution in [2.24, 2.45) is 5.92 Å². The maximum Gasteiger partial charge on any atom is 0.272 e. The second-order valence-electron chi connectivity index (χ2n) is 6.98. The number of benzene rings is 1. The standard InChI is InChI=1S/C20H19ClN4O2S2/c1-12(2)7-9-25-19(26)17-15(8-10-28-17)22-20(25)29-11-16-23-18(24-27-16)13-3-5-14(21)6-4-13/h3-6,8,10,12H,7,9,11H2,1-2H3. The van der Waals surface area contributed by atoms with Crippen LogP contribution >= 0.6 is 34.7 Å². The highest BCUT2D eigenvalue weighted by atomic mass is 35.5. The number of hydrogen-bond acceptors (Lipinski definition) is 7. The Balaban J connectivity index is 1.57. The van der Waals surface area contributed by atoms with E-state index in [0.29, 0.717) is 44.8 Å². The van der Waals surface area contributed by atoms with Crippen molar-refractivity contribution in [3.8, 4) is 11.4 Å². The number of fused-ring (bicyclic) bond motifs is 1. The van der Waals surface area contributed by atoms with E-state index in [0.717, 1.165) is 17.5 Å². The van der Waals surface area contributed by atoms with E-state index in [2.05, 4.69) is 24.0 Å². The summed E-state index contributed by atoms with van der Waals surface area (Å²) in [6.45, 7) is 4.93. The highest BCUT2D eigenvalue weighted by molar-refractivity contribution is 7.98. The van der Waals surface area contributed by atoms with Gasteiger partial charge in [0.15, 0.2) is 5.16 Å². The van der Waals surface area contributed by atoms with Crippen LogP contribution in [0, 0.1) is 5.92 Å². The van der Waals surface area contributed by atoms with Crippen LogP contribution in [0.4, 0.5) is 0 Å². The third kappa shape index (κ3) is 4.55. The van der Waals surface area contributed by atoms with Crippen LogP contribution in [0.25, 0.3) is 21.6 Å². The Morgan fingerprint density at radius 2 is 2.00 bits per heavy atom. The lowest BCUT2D eigenvalue weighted by molar-refractivity contribution is 0.391. The summed E-state index contributed by atoms with van der Waals surface area (Å²) in [5, 5.41) is 7.27. The van der Waals surface area contributed by atoms with Crippen molar-refractivity contribution >= 4 is 44.9 Å². The minimum Gasteiger partial charge on any atom is -0.338 e. The molecule has 0 saturated carbocycles. The summed E-state index contributed by atoms with van der Waals surface area (Å²) in [4.78, 5) is 22.1. The molecule has 150 valence electrons. The highest BCUT2D eigenvalue weighted by Gasteiger charge is 2.15. The van der Waals surface area contributed by atoms with E-state index < -0.39 is 0 Å². The molecule has 3 aromatic heterocycles. The van der Waals surface area contributed by atoms with E-state index in [1.165, 1.54) is 23.1 Å². The lowest BCUT2D eigenvalue weighted by atomic mass is 10.1. The molecule has 0 atom stereocenters. The Bertz CT molecular complexity index is 1180. The third-order valence-corrected chi connectivity index (χ3v) is 6.46. The average Bonchev–Trinajstić information content (AvgIpc) is 3.36. The maximum absolute atomic E-state index is 12.9. The molecular formula is C20H19ClN4O2S2. The van der Waals surface area contributed by atoms with E-state index in [4.69, 9.17) is 21.1 Å². The second-order valence-corrected chi connectivity index (χ2v) is 9.27. The molecule has 0 unspecified atom stereocenters. The fourth-order valence-corrected chi connectivity index (χ4v) is 4.54. The zero-order valence-corrected chi connectivity index (χ0v) is 18.4. The Labute approximate surface area is 180 Å². The summed E-state index contributed by atoms with van der Waals surface area (Å²) >= 11 is 8.79. The summed E-state index contributed by atoms with van der Waals surface area (Å²) < 4.78 is 7.84. The van der Waals surface area contributed by atoms with Crippen LogP contribution in [-0.4, -0.2) is 19.7 Å². The van der Waals surface area contributed by atoms with Crippen molar-refractivity contribution in [1.82, 2.24) is 19.7 Å². The molecule has 0 bridgehead atoms. The topological polar surface area (TPSA) is 73.8 Å². The van der Waals surface area contributed by atoms with Crippen LogP contribution in [0.2, 0.25) is 5.02 Å². The van der Waals surface area contributed by atoms with Crippen LogP contribution < -0.4 is 5.56 Å². The molecule has 1 aromatic carbocycles. The van der Waals surface area contributed by atoms with Crippen molar-refractivity contribution in [1.29, 1.82) is 0 Å². The Kier molecular flexibility index (Phi) is 6.03. The van der Waals surface area contributed by atoms with E-state index in [1.54, 1.807) is 16.7 Å². The molecule has 0 spiro atoms. The largest absolute Gasteiger partial charge is 0.338 e. The summed E-state index contributed by atoms with van der Waals surface area (Å²) in [6.07, 6.45) is 0.910. The molecule has 0 saturated heterocycles. The summed E-state index contributed by atoms with van der Waals surface area (Å²) in [7, 11) is 0. The molecule has 0 N–H and O–H groups in total. The van der Waals surface area contributed by atoms with Crippen LogP contribution in [0.5, 0.6) is 0 Å². The molecule has 29 heavy (non-hydrogen) atoms. The van der Waals surface area contributed by atoms with Crippen LogP contribution in [0.1, 0.15) is 26.2 Å². The summed E-state index contributed by atoms with van der Waals surface area (Å²) in [6, 6.07) is 9.15. The van der Waals surface area contributed by atoms with Crippen LogP contribution in [0.15, 0.2) is 50.2 Å². The van der Waals surface area contributed by atoms with Gasteiger partial charge in [-0.2, -0.15) is 4.98 Å². The molecule has 6 nitrogen and oxygen atoms in total. The van der Waals surface area contributed by atoms with Gasteiger partial charge in [-0.15, -0.1) is 11.3 Å². The van der Waals surface area contributed by atoms with Gasteiger partial charge >= 0.3 is 0 Å². The number of hydrogen-bond donors (Lipinski definition) is 0. The van der Waals surface area contributed by atoms with Crippen LogP contribution in [0.3, 0.4) is 0 Å². The first kappa shape index (κ1) is 20.1. The number of thioether (sulfide) groups is 1. The molecular weight excluding hydrogens is 428 g/mol. The molecule has 0 fully saturated rings. The van der Waals surface area contributed by atoms with Gasteiger partial charge in [0.2, 0.25) is 11.7 Å². The van der Waals surface area contributed by atoms with Gasteiger partial charge < -0.3 is 4.52 Å². The lowest BCUT2D eigenvalue weighted by Gasteiger charge is -2.12. The van der Waals surface area contributed by atoms with Crippen molar-refractivity contribution in [3.63, 3.8) is 0 Å². The van der Waals surface area contributed by atoms with Gasteiger partial charge in [0.05, 0.1) is 11.3 Å². The van der Waals surface area contributed by atoms with Gasteiger partial charge in [-0.05, 0) is 48.1 Å². The lowest BCUT2D eigenvalue weighted by Crippen LogP contribution is -2.23. The molecule has 0 radical (unpaired) electrons. The molecule has 0 amide bonds. The molecule has 4 aromatic rings. The quantitative estimate of drug-likeness (QED) is 0.275. The number of thiophene rings is 1. The second kappa shape index (κ2) is 8.69. The highest BCUT2D eigenvalue weighted by Crippen LogP contribution is 2.25. The van der Waals surface area contributed by atoms with Gasteiger partial charge in [0, 0.05) is 17.1 Å². The predicted molar refractivity (Wildman–Crippen MR) is 118 cm³/mol. The summed E-state index contributed by atoms with van der Waals surface area (Å²) in [5.41, 5.74) is 1.58. The van der Waals surface area contributed by atoms with Gasteiger partial charge in [0.25, 0.3) is 5.56 Å². The Hall–Kier alpha value is -2.16. The van der Waals surface area contributed by atoms with E-state index in [9.17, 15) is 4.79 Å². The molecule has 9 heteroatoms. The number of nitrogens with zero attached hydrogens (tertiary/aromatic N) is 4. The SMILES string of the molecule is CC(C)CCn1c(SCc2nc(-c3ccc(Cl)cc3)no2)nc2ccsc2c1=O. The van der Waals surface area contributed by atoms with Crippen molar-refractivity contribution < 1.29 is 4.52 Å². The molecule has 3 heterocycles. The number of halogens is 1. The van der Waals surface area contributed by atoms with Gasteiger partial charge in [-0.25, -0.2) is 4.98 Å². The monoisotopic (exact) mass is 446 g/mol.